The molecule has 22 heavy (non-hydrogen) atoms. The highest BCUT2D eigenvalue weighted by atomic mass is 16.6. The van der Waals surface area contributed by atoms with Crippen molar-refractivity contribution in [1.29, 1.82) is 0 Å². The number of ketones is 1. The van der Waals surface area contributed by atoms with Gasteiger partial charge in [-0.2, -0.15) is 0 Å². The molecule has 0 spiro atoms. The van der Waals surface area contributed by atoms with Crippen LogP contribution in [0.2, 0.25) is 0 Å². The molecule has 0 N–H and O–H groups in total. The fraction of sp³-hybridized carbons (Fsp3) is 0.400. The third-order valence-electron chi connectivity index (χ3n) is 2.71. The van der Waals surface area contributed by atoms with E-state index >= 15 is 0 Å². The van der Waals surface area contributed by atoms with Crippen LogP contribution < -0.4 is 9.47 Å². The largest absolute Gasteiger partial charge is 0.493 e. The molecule has 0 aromatic heterocycles. The Morgan fingerprint density at radius 2 is 1.64 bits per heavy atom. The molecule has 1 rings (SSSR count). The van der Waals surface area contributed by atoms with Crippen LogP contribution in [-0.2, 0) is 19.1 Å². The highest BCUT2D eigenvalue weighted by molar-refractivity contribution is 6.01. The molecule has 1 atom stereocenters. The summed E-state index contributed by atoms with van der Waals surface area (Å²) in [5, 5.41) is 0. The normalized spacial score (nSPS) is 11.3. The van der Waals surface area contributed by atoms with E-state index in [0.717, 1.165) is 0 Å². The Balaban J connectivity index is 3.01. The van der Waals surface area contributed by atoms with Gasteiger partial charge in [0, 0.05) is 19.4 Å². The molecule has 0 aliphatic carbocycles. The molecule has 0 heterocycles. The lowest BCUT2D eigenvalue weighted by atomic mass is 10.1. The van der Waals surface area contributed by atoms with Gasteiger partial charge in [-0.05, 0) is 18.2 Å². The van der Waals surface area contributed by atoms with Gasteiger partial charge in [-0.15, -0.1) is 0 Å². The molecule has 0 fully saturated rings. The highest BCUT2D eigenvalue weighted by Gasteiger charge is 2.25. The van der Waals surface area contributed by atoms with Crippen LogP contribution in [0.1, 0.15) is 24.2 Å². The number of ether oxygens (including phenoxy) is 4. The first-order valence-corrected chi connectivity index (χ1v) is 6.45. The molecule has 0 saturated carbocycles. The summed E-state index contributed by atoms with van der Waals surface area (Å²) in [7, 11) is 2.91. The lowest BCUT2D eigenvalue weighted by Crippen LogP contribution is -2.32. The van der Waals surface area contributed by atoms with Gasteiger partial charge in [0.1, 0.15) is 6.61 Å². The van der Waals surface area contributed by atoms with Gasteiger partial charge in [-0.1, -0.05) is 0 Å². The standard InChI is InChI=1S/C15H18O7/c1-9(16)21-8-14(22-10(2)17)15(18)11-5-6-12(19-3)13(7-11)20-4/h5-7,14H,8H2,1-4H3. The monoisotopic (exact) mass is 310 g/mol. The van der Waals surface area contributed by atoms with E-state index in [1.54, 1.807) is 6.07 Å². The van der Waals surface area contributed by atoms with E-state index in [1.807, 2.05) is 0 Å². The van der Waals surface area contributed by atoms with Crippen molar-refractivity contribution in [2.45, 2.75) is 20.0 Å². The van der Waals surface area contributed by atoms with Crippen LogP contribution in [0.25, 0.3) is 0 Å². The molecule has 0 bridgehead atoms. The minimum absolute atomic E-state index is 0.246. The van der Waals surface area contributed by atoms with Gasteiger partial charge in [0.15, 0.2) is 17.6 Å². The van der Waals surface area contributed by atoms with Gasteiger partial charge in [0.2, 0.25) is 5.78 Å². The van der Waals surface area contributed by atoms with E-state index < -0.39 is 23.8 Å². The second kappa shape index (κ2) is 8.02. The SMILES string of the molecule is COc1ccc(C(=O)C(COC(C)=O)OC(C)=O)cc1OC. The summed E-state index contributed by atoms with van der Waals surface area (Å²) in [5.74, 6) is -0.897. The first-order valence-electron chi connectivity index (χ1n) is 6.45. The number of carbonyl (C=O) groups excluding carboxylic acids is 3. The lowest BCUT2D eigenvalue weighted by Gasteiger charge is -2.16. The molecule has 0 radical (unpaired) electrons. The third-order valence-corrected chi connectivity index (χ3v) is 2.71. The summed E-state index contributed by atoms with van der Waals surface area (Å²) < 4.78 is 19.9. The fourth-order valence-electron chi connectivity index (χ4n) is 1.73. The number of esters is 2. The zero-order valence-electron chi connectivity index (χ0n) is 12.9. The third kappa shape index (κ3) is 4.76. The number of rotatable bonds is 7. The number of methoxy groups -OCH3 is 2. The first kappa shape index (κ1) is 17.5. The van der Waals surface area contributed by atoms with Gasteiger partial charge in [-0.3, -0.25) is 14.4 Å². The molecule has 1 unspecified atom stereocenters. The van der Waals surface area contributed by atoms with Crippen LogP contribution in [0.3, 0.4) is 0 Å². The van der Waals surface area contributed by atoms with Gasteiger partial charge in [0.05, 0.1) is 14.2 Å². The minimum Gasteiger partial charge on any atom is -0.493 e. The van der Waals surface area contributed by atoms with Gasteiger partial charge >= 0.3 is 11.9 Å². The Labute approximate surface area is 128 Å². The van der Waals surface area contributed by atoms with Crippen LogP contribution >= 0.6 is 0 Å². The van der Waals surface area contributed by atoms with Crippen molar-refractivity contribution in [3.05, 3.63) is 23.8 Å². The van der Waals surface area contributed by atoms with Gasteiger partial charge < -0.3 is 18.9 Å². The maximum absolute atomic E-state index is 12.4. The van der Waals surface area contributed by atoms with Gasteiger partial charge in [-0.25, -0.2) is 0 Å². The van der Waals surface area contributed by atoms with Crippen LogP contribution in [0.5, 0.6) is 11.5 Å². The van der Waals surface area contributed by atoms with E-state index in [9.17, 15) is 14.4 Å². The Kier molecular flexibility index (Phi) is 6.37. The molecular formula is C15H18O7. The molecule has 1 aromatic carbocycles. The molecule has 0 aliphatic rings. The van der Waals surface area contributed by atoms with Crippen molar-refractivity contribution < 1.29 is 33.3 Å². The topological polar surface area (TPSA) is 88.1 Å². The van der Waals surface area contributed by atoms with E-state index in [1.165, 1.54) is 40.2 Å². The summed E-state index contributed by atoms with van der Waals surface area (Å²) in [6.45, 7) is 2.02. The van der Waals surface area contributed by atoms with Crippen LogP contribution in [0.15, 0.2) is 18.2 Å². The summed E-state index contributed by atoms with van der Waals surface area (Å²) in [5.41, 5.74) is 0.246. The summed E-state index contributed by atoms with van der Waals surface area (Å²) in [6.07, 6.45) is -1.21. The lowest BCUT2D eigenvalue weighted by molar-refractivity contribution is -0.153. The maximum Gasteiger partial charge on any atom is 0.303 e. The fourth-order valence-corrected chi connectivity index (χ4v) is 1.73. The second-order valence-corrected chi connectivity index (χ2v) is 4.33. The number of hydrogen-bond acceptors (Lipinski definition) is 7. The van der Waals surface area contributed by atoms with Crippen molar-refractivity contribution in [2.75, 3.05) is 20.8 Å². The zero-order valence-corrected chi connectivity index (χ0v) is 12.9. The molecule has 120 valence electrons. The second-order valence-electron chi connectivity index (χ2n) is 4.33. The predicted molar refractivity (Wildman–Crippen MR) is 76.1 cm³/mol. The van der Waals surface area contributed by atoms with Gasteiger partial charge in [0.25, 0.3) is 0 Å². The number of benzene rings is 1. The maximum atomic E-state index is 12.4. The number of hydrogen-bond donors (Lipinski definition) is 0. The predicted octanol–water partition coefficient (Wildman–Crippen LogP) is 1.38. The molecule has 7 nitrogen and oxygen atoms in total. The molecule has 1 aromatic rings. The molecule has 0 amide bonds. The van der Waals surface area contributed by atoms with Crippen LogP contribution in [-0.4, -0.2) is 44.7 Å². The summed E-state index contributed by atoms with van der Waals surface area (Å²) >= 11 is 0. The summed E-state index contributed by atoms with van der Waals surface area (Å²) in [4.78, 5) is 34.4. The van der Waals surface area contributed by atoms with E-state index in [0.29, 0.717) is 11.5 Å². The average molecular weight is 310 g/mol. The van der Waals surface area contributed by atoms with Crippen molar-refractivity contribution in [3.63, 3.8) is 0 Å². The van der Waals surface area contributed by atoms with E-state index in [2.05, 4.69) is 0 Å². The zero-order chi connectivity index (χ0) is 16.7. The van der Waals surface area contributed by atoms with Crippen LogP contribution in [0.4, 0.5) is 0 Å². The minimum atomic E-state index is -1.21. The highest BCUT2D eigenvalue weighted by Crippen LogP contribution is 2.28. The quantitative estimate of drug-likeness (QED) is 0.555. The Bertz CT molecular complexity index is 565. The Morgan fingerprint density at radius 3 is 2.14 bits per heavy atom. The molecule has 7 heteroatoms. The molecular weight excluding hydrogens is 292 g/mol. The first-order chi connectivity index (χ1) is 10.4. The van der Waals surface area contributed by atoms with E-state index in [4.69, 9.17) is 18.9 Å². The number of carbonyl (C=O) groups is 3. The Morgan fingerprint density at radius 1 is 1.00 bits per heavy atom. The smallest absolute Gasteiger partial charge is 0.303 e. The van der Waals surface area contributed by atoms with Crippen LogP contribution in [0, 0.1) is 0 Å². The van der Waals surface area contributed by atoms with Crippen molar-refractivity contribution >= 4 is 17.7 Å². The van der Waals surface area contributed by atoms with Crippen molar-refractivity contribution in [3.8, 4) is 11.5 Å². The molecule has 0 aliphatic heterocycles. The van der Waals surface area contributed by atoms with Crippen molar-refractivity contribution in [2.24, 2.45) is 0 Å². The summed E-state index contributed by atoms with van der Waals surface area (Å²) in [6, 6.07) is 4.53. The molecule has 0 saturated heterocycles. The number of Topliss-reactive ketones (excluding diaryl/α,β-unsaturated/α-hetero) is 1. The Hall–Kier alpha value is -2.57. The van der Waals surface area contributed by atoms with E-state index in [-0.39, 0.29) is 12.2 Å². The average Bonchev–Trinajstić information content (AvgIpc) is 2.49. The van der Waals surface area contributed by atoms with Crippen molar-refractivity contribution in [1.82, 2.24) is 0 Å².